The Hall–Kier alpha value is -1.06. The van der Waals surface area contributed by atoms with Crippen molar-refractivity contribution in [2.24, 2.45) is 11.7 Å². The van der Waals surface area contributed by atoms with Crippen molar-refractivity contribution in [3.8, 4) is 5.75 Å². The number of benzene rings is 1. The van der Waals surface area contributed by atoms with Gasteiger partial charge in [-0.1, -0.05) is 38.0 Å². The van der Waals surface area contributed by atoms with E-state index in [1.165, 1.54) is 0 Å². The van der Waals surface area contributed by atoms with E-state index in [0.29, 0.717) is 19.1 Å². The van der Waals surface area contributed by atoms with Gasteiger partial charge < -0.3 is 15.6 Å². The van der Waals surface area contributed by atoms with Crippen LogP contribution in [-0.4, -0.2) is 23.9 Å². The SMILES string of the molecule is CCC1CCCC1(O)C1(CN)CCOc2ccccc21. The van der Waals surface area contributed by atoms with Crippen LogP contribution in [-0.2, 0) is 5.41 Å². The molecule has 0 amide bonds. The molecule has 0 aromatic heterocycles. The molecule has 1 heterocycles. The summed E-state index contributed by atoms with van der Waals surface area (Å²) in [6.07, 6.45) is 4.89. The van der Waals surface area contributed by atoms with E-state index in [0.717, 1.165) is 43.4 Å². The van der Waals surface area contributed by atoms with E-state index in [-0.39, 0.29) is 5.41 Å². The van der Waals surface area contributed by atoms with Crippen molar-refractivity contribution in [3.05, 3.63) is 29.8 Å². The standard InChI is InChI=1S/C17H25NO2/c1-2-13-6-5-9-17(13,19)16(12-18)10-11-20-15-8-4-3-7-14(15)16/h3-4,7-8,13,19H,2,5-6,9-12,18H2,1H3. The highest BCUT2D eigenvalue weighted by molar-refractivity contribution is 5.45. The molecule has 20 heavy (non-hydrogen) atoms. The normalized spacial score (nSPS) is 36.5. The monoisotopic (exact) mass is 275 g/mol. The van der Waals surface area contributed by atoms with Crippen LogP contribution in [0.4, 0.5) is 0 Å². The van der Waals surface area contributed by atoms with E-state index in [4.69, 9.17) is 10.5 Å². The van der Waals surface area contributed by atoms with Gasteiger partial charge in [-0.05, 0) is 31.2 Å². The molecule has 1 aliphatic heterocycles. The first-order valence-corrected chi connectivity index (χ1v) is 7.82. The van der Waals surface area contributed by atoms with E-state index in [1.54, 1.807) is 0 Å². The summed E-state index contributed by atoms with van der Waals surface area (Å²) in [4.78, 5) is 0. The average Bonchev–Trinajstić information content (AvgIpc) is 2.89. The van der Waals surface area contributed by atoms with Crippen molar-refractivity contribution in [2.75, 3.05) is 13.2 Å². The zero-order valence-electron chi connectivity index (χ0n) is 12.3. The molecular weight excluding hydrogens is 250 g/mol. The summed E-state index contributed by atoms with van der Waals surface area (Å²) in [5.41, 5.74) is 6.30. The molecule has 0 saturated heterocycles. The lowest BCUT2D eigenvalue weighted by molar-refractivity contribution is -0.0827. The van der Waals surface area contributed by atoms with Crippen molar-refractivity contribution in [3.63, 3.8) is 0 Å². The summed E-state index contributed by atoms with van der Waals surface area (Å²) >= 11 is 0. The second kappa shape index (κ2) is 5.05. The van der Waals surface area contributed by atoms with Crippen LogP contribution in [0, 0.1) is 5.92 Å². The highest BCUT2D eigenvalue weighted by Gasteiger charge is 2.57. The molecule has 3 heteroatoms. The molecule has 110 valence electrons. The van der Waals surface area contributed by atoms with Gasteiger partial charge in [0.15, 0.2) is 0 Å². The second-order valence-electron chi connectivity index (χ2n) is 6.30. The van der Waals surface area contributed by atoms with Crippen LogP contribution in [0.25, 0.3) is 0 Å². The molecule has 3 N–H and O–H groups in total. The highest BCUT2D eigenvalue weighted by atomic mass is 16.5. The Bertz CT molecular complexity index is 490. The Labute approximate surface area is 121 Å². The maximum absolute atomic E-state index is 11.5. The van der Waals surface area contributed by atoms with Crippen molar-refractivity contribution in [1.29, 1.82) is 0 Å². The van der Waals surface area contributed by atoms with Gasteiger partial charge in [-0.15, -0.1) is 0 Å². The topological polar surface area (TPSA) is 55.5 Å². The van der Waals surface area contributed by atoms with E-state index in [2.05, 4.69) is 13.0 Å². The van der Waals surface area contributed by atoms with Crippen molar-refractivity contribution in [1.82, 2.24) is 0 Å². The maximum Gasteiger partial charge on any atom is 0.123 e. The van der Waals surface area contributed by atoms with Crippen molar-refractivity contribution < 1.29 is 9.84 Å². The molecule has 3 atom stereocenters. The van der Waals surface area contributed by atoms with Crippen LogP contribution in [0.2, 0.25) is 0 Å². The lowest BCUT2D eigenvalue weighted by Gasteiger charge is -2.50. The molecule has 1 aromatic carbocycles. The molecule has 0 spiro atoms. The Kier molecular flexibility index (Phi) is 3.51. The number of nitrogens with two attached hydrogens (primary N) is 1. The third kappa shape index (κ3) is 1.73. The number of ether oxygens (including phenoxy) is 1. The molecule has 3 unspecified atom stereocenters. The Morgan fingerprint density at radius 1 is 1.35 bits per heavy atom. The van der Waals surface area contributed by atoms with Gasteiger partial charge in [0.05, 0.1) is 12.2 Å². The minimum Gasteiger partial charge on any atom is -0.493 e. The van der Waals surface area contributed by atoms with Crippen molar-refractivity contribution in [2.45, 2.75) is 50.0 Å². The molecule has 1 aliphatic carbocycles. The summed E-state index contributed by atoms with van der Waals surface area (Å²) in [5, 5.41) is 11.5. The third-order valence-electron chi connectivity index (χ3n) is 5.64. The van der Waals surface area contributed by atoms with Gasteiger partial charge in [0.25, 0.3) is 0 Å². The number of rotatable bonds is 3. The predicted octanol–water partition coefficient (Wildman–Crippen LogP) is 2.61. The quantitative estimate of drug-likeness (QED) is 0.891. The van der Waals surface area contributed by atoms with Gasteiger partial charge >= 0.3 is 0 Å². The first-order valence-electron chi connectivity index (χ1n) is 7.82. The van der Waals surface area contributed by atoms with E-state index >= 15 is 0 Å². The largest absolute Gasteiger partial charge is 0.493 e. The van der Waals surface area contributed by atoms with Crippen LogP contribution in [0.15, 0.2) is 24.3 Å². The number of aliphatic hydroxyl groups is 1. The molecule has 1 fully saturated rings. The third-order valence-corrected chi connectivity index (χ3v) is 5.64. The smallest absolute Gasteiger partial charge is 0.123 e. The van der Waals surface area contributed by atoms with Gasteiger partial charge in [0.2, 0.25) is 0 Å². The zero-order valence-corrected chi connectivity index (χ0v) is 12.3. The predicted molar refractivity (Wildman–Crippen MR) is 79.9 cm³/mol. The number of fused-ring (bicyclic) bond motifs is 1. The van der Waals surface area contributed by atoms with E-state index in [9.17, 15) is 5.11 Å². The molecule has 0 radical (unpaired) electrons. The van der Waals surface area contributed by atoms with Crippen molar-refractivity contribution >= 4 is 0 Å². The maximum atomic E-state index is 11.5. The van der Waals surface area contributed by atoms with Crippen LogP contribution in [0.1, 0.15) is 44.6 Å². The Morgan fingerprint density at radius 3 is 2.90 bits per heavy atom. The minimum atomic E-state index is -0.684. The average molecular weight is 275 g/mol. The molecule has 3 rings (SSSR count). The van der Waals surface area contributed by atoms with Gasteiger partial charge in [0, 0.05) is 17.5 Å². The molecule has 1 aromatic rings. The van der Waals surface area contributed by atoms with Gasteiger partial charge in [-0.25, -0.2) is 0 Å². The fourth-order valence-electron chi connectivity index (χ4n) is 4.53. The number of para-hydroxylation sites is 1. The lowest BCUT2D eigenvalue weighted by atomic mass is 9.60. The first kappa shape index (κ1) is 13.9. The molecular formula is C17H25NO2. The van der Waals surface area contributed by atoms with E-state index < -0.39 is 5.60 Å². The fourth-order valence-corrected chi connectivity index (χ4v) is 4.53. The summed E-state index contributed by atoms with van der Waals surface area (Å²) in [6.45, 7) is 3.31. The first-order chi connectivity index (χ1) is 9.68. The number of hydrogen-bond acceptors (Lipinski definition) is 3. The molecule has 3 nitrogen and oxygen atoms in total. The van der Waals surface area contributed by atoms with Crippen LogP contribution in [0.5, 0.6) is 5.75 Å². The summed E-state index contributed by atoms with van der Waals surface area (Å²) in [5.74, 6) is 1.25. The summed E-state index contributed by atoms with van der Waals surface area (Å²) in [6, 6.07) is 8.10. The minimum absolute atomic E-state index is 0.345. The van der Waals surface area contributed by atoms with Crippen LogP contribution in [0.3, 0.4) is 0 Å². The molecule has 1 saturated carbocycles. The summed E-state index contributed by atoms with van der Waals surface area (Å²) in [7, 11) is 0. The zero-order chi connectivity index (χ0) is 14.2. The number of hydrogen-bond donors (Lipinski definition) is 2. The Balaban J connectivity index is 2.13. The molecule has 0 bridgehead atoms. The van der Waals surface area contributed by atoms with Crippen LogP contribution < -0.4 is 10.5 Å². The fraction of sp³-hybridized carbons (Fsp3) is 0.647. The van der Waals surface area contributed by atoms with Gasteiger partial charge in [0.1, 0.15) is 5.75 Å². The Morgan fingerprint density at radius 2 is 2.15 bits per heavy atom. The highest BCUT2D eigenvalue weighted by Crippen LogP contribution is 2.54. The van der Waals surface area contributed by atoms with Gasteiger partial charge in [-0.3, -0.25) is 0 Å². The second-order valence-corrected chi connectivity index (χ2v) is 6.30. The summed E-state index contributed by atoms with van der Waals surface area (Å²) < 4.78 is 5.79. The molecule has 2 aliphatic rings. The van der Waals surface area contributed by atoms with Gasteiger partial charge in [-0.2, -0.15) is 0 Å². The van der Waals surface area contributed by atoms with Crippen LogP contribution >= 0.6 is 0 Å². The lowest BCUT2D eigenvalue weighted by Crippen LogP contribution is -2.59. The van der Waals surface area contributed by atoms with E-state index in [1.807, 2.05) is 18.2 Å².